The summed E-state index contributed by atoms with van der Waals surface area (Å²) in [7, 11) is 0. The van der Waals surface area contributed by atoms with E-state index in [1.807, 2.05) is 12.1 Å². The van der Waals surface area contributed by atoms with Crippen molar-refractivity contribution in [2.45, 2.75) is 32.3 Å². The molecular weight excluding hydrogens is 264 g/mol. The number of hydrogen-bond acceptors (Lipinski definition) is 4. The summed E-state index contributed by atoms with van der Waals surface area (Å²) in [5, 5.41) is 3.39. The lowest BCUT2D eigenvalue weighted by atomic mass is 9.99. The van der Waals surface area contributed by atoms with Crippen LogP contribution in [0, 0.1) is 5.92 Å². The topological polar surface area (TPSA) is 47.3 Å². The Morgan fingerprint density at radius 3 is 2.86 bits per heavy atom. The van der Waals surface area contributed by atoms with E-state index in [0.29, 0.717) is 17.7 Å². The maximum atomic E-state index is 6.34. The molecule has 1 N–H and O–H groups in total. The molecule has 1 saturated heterocycles. The fraction of sp³-hybridized carbons (Fsp3) is 0.471. The van der Waals surface area contributed by atoms with Gasteiger partial charge in [0.25, 0.3) is 0 Å². The van der Waals surface area contributed by atoms with Gasteiger partial charge < -0.3 is 14.5 Å². The summed E-state index contributed by atoms with van der Waals surface area (Å²) >= 11 is 0. The molecule has 0 saturated carbocycles. The van der Waals surface area contributed by atoms with Gasteiger partial charge in [-0.25, -0.2) is 4.98 Å². The monoisotopic (exact) mass is 286 g/mol. The highest BCUT2D eigenvalue weighted by molar-refractivity contribution is 5.36. The van der Waals surface area contributed by atoms with E-state index < -0.39 is 0 Å². The van der Waals surface area contributed by atoms with Crippen LogP contribution in [0.2, 0.25) is 0 Å². The predicted molar refractivity (Wildman–Crippen MR) is 81.4 cm³/mol. The Bertz CT molecular complexity index is 560. The first-order valence-electron chi connectivity index (χ1n) is 7.61. The molecule has 4 nitrogen and oxygen atoms in total. The van der Waals surface area contributed by atoms with E-state index >= 15 is 0 Å². The van der Waals surface area contributed by atoms with Gasteiger partial charge in [-0.15, -0.1) is 0 Å². The van der Waals surface area contributed by atoms with Crippen LogP contribution in [0.1, 0.15) is 43.7 Å². The van der Waals surface area contributed by atoms with Gasteiger partial charge in [0, 0.05) is 12.5 Å². The molecule has 1 fully saturated rings. The Kier molecular flexibility index (Phi) is 4.25. The maximum absolute atomic E-state index is 6.34. The van der Waals surface area contributed by atoms with Crippen molar-refractivity contribution in [3.8, 4) is 5.75 Å². The van der Waals surface area contributed by atoms with Gasteiger partial charge in [0.15, 0.2) is 6.10 Å². The quantitative estimate of drug-likeness (QED) is 0.913. The lowest BCUT2D eigenvalue weighted by Gasteiger charge is -2.23. The summed E-state index contributed by atoms with van der Waals surface area (Å²) in [6.45, 7) is 6.33. The summed E-state index contributed by atoms with van der Waals surface area (Å²) in [6, 6.07) is 8.23. The first-order valence-corrected chi connectivity index (χ1v) is 7.61. The van der Waals surface area contributed by atoms with Crippen LogP contribution in [0.15, 0.2) is 41.1 Å². The summed E-state index contributed by atoms with van der Waals surface area (Å²) < 4.78 is 11.9. The molecule has 0 radical (unpaired) electrons. The van der Waals surface area contributed by atoms with E-state index in [1.54, 1.807) is 12.5 Å². The average Bonchev–Trinajstić information content (AvgIpc) is 3.18. The molecule has 0 aliphatic carbocycles. The van der Waals surface area contributed by atoms with E-state index in [2.05, 4.69) is 36.3 Å². The molecule has 1 aliphatic heterocycles. The van der Waals surface area contributed by atoms with Crippen molar-refractivity contribution in [2.24, 2.45) is 5.92 Å². The molecule has 2 heterocycles. The van der Waals surface area contributed by atoms with Gasteiger partial charge in [-0.2, -0.15) is 0 Å². The predicted octanol–water partition coefficient (Wildman–Crippen LogP) is 3.53. The van der Waals surface area contributed by atoms with Crippen LogP contribution in [0.3, 0.4) is 0 Å². The van der Waals surface area contributed by atoms with Gasteiger partial charge in [-0.05, 0) is 30.5 Å². The van der Waals surface area contributed by atoms with Crippen molar-refractivity contribution in [3.05, 3.63) is 48.2 Å². The van der Waals surface area contributed by atoms with Crippen LogP contribution in [0.4, 0.5) is 0 Å². The summed E-state index contributed by atoms with van der Waals surface area (Å²) in [4.78, 5) is 4.31. The molecule has 1 aliphatic rings. The maximum Gasteiger partial charge on any atom is 0.235 e. The highest BCUT2D eigenvalue weighted by Crippen LogP contribution is 2.34. The number of oxazole rings is 1. The molecule has 1 aromatic heterocycles. The second-order valence-corrected chi connectivity index (χ2v) is 5.85. The number of benzene rings is 1. The highest BCUT2D eigenvalue weighted by atomic mass is 16.5. The van der Waals surface area contributed by atoms with E-state index in [-0.39, 0.29) is 6.10 Å². The molecule has 4 heteroatoms. The molecule has 0 spiro atoms. The highest BCUT2D eigenvalue weighted by Gasteiger charge is 2.31. The minimum atomic E-state index is -0.130. The van der Waals surface area contributed by atoms with Crippen molar-refractivity contribution in [2.75, 3.05) is 13.1 Å². The molecule has 0 amide bonds. The fourth-order valence-electron chi connectivity index (χ4n) is 2.86. The van der Waals surface area contributed by atoms with Gasteiger partial charge in [0.05, 0.1) is 6.20 Å². The first-order chi connectivity index (χ1) is 10.3. The van der Waals surface area contributed by atoms with E-state index in [9.17, 15) is 0 Å². The van der Waals surface area contributed by atoms with E-state index in [4.69, 9.17) is 9.15 Å². The molecule has 0 bridgehead atoms. The molecule has 112 valence electrons. The van der Waals surface area contributed by atoms with Gasteiger partial charge >= 0.3 is 0 Å². The van der Waals surface area contributed by atoms with Crippen molar-refractivity contribution in [1.29, 1.82) is 0 Å². The Balaban J connectivity index is 1.88. The molecule has 1 aromatic carbocycles. The van der Waals surface area contributed by atoms with Crippen molar-refractivity contribution in [1.82, 2.24) is 10.3 Å². The van der Waals surface area contributed by atoms with E-state index in [1.165, 1.54) is 5.56 Å². The van der Waals surface area contributed by atoms with Gasteiger partial charge in [0.2, 0.25) is 5.89 Å². The first kappa shape index (κ1) is 14.1. The summed E-state index contributed by atoms with van der Waals surface area (Å²) in [5.41, 5.74) is 1.22. The van der Waals surface area contributed by atoms with Crippen LogP contribution in [0.25, 0.3) is 0 Å². The van der Waals surface area contributed by atoms with Crippen molar-refractivity contribution in [3.63, 3.8) is 0 Å². The smallest absolute Gasteiger partial charge is 0.235 e. The van der Waals surface area contributed by atoms with Crippen LogP contribution in [0.5, 0.6) is 5.75 Å². The third kappa shape index (κ3) is 3.10. The zero-order valence-corrected chi connectivity index (χ0v) is 12.6. The minimum Gasteiger partial charge on any atom is -0.480 e. The fourth-order valence-corrected chi connectivity index (χ4v) is 2.86. The Morgan fingerprint density at radius 1 is 1.33 bits per heavy atom. The lowest BCUT2D eigenvalue weighted by Crippen LogP contribution is -2.22. The minimum absolute atomic E-state index is 0.130. The number of hydrogen-bond donors (Lipinski definition) is 1. The molecule has 0 unspecified atom stereocenters. The largest absolute Gasteiger partial charge is 0.480 e. The van der Waals surface area contributed by atoms with Crippen LogP contribution in [-0.2, 0) is 0 Å². The van der Waals surface area contributed by atoms with Crippen LogP contribution in [-0.4, -0.2) is 18.1 Å². The standard InChI is InChI=1S/C17H22N2O2/c1-12(2)14-5-3-4-6-15(14)21-16(13-7-8-18-11-13)17-19-9-10-20-17/h3-6,9-10,12-13,16,18H,7-8,11H2,1-2H3/t13-,16+/m0/s1. The normalized spacial score (nSPS) is 19.9. The molecule has 3 rings (SSSR count). The SMILES string of the molecule is CC(C)c1ccccc1O[C@@H](c1ncco1)[C@H]1CCNC1. The molecule has 2 atom stereocenters. The van der Waals surface area contributed by atoms with Gasteiger partial charge in [-0.3, -0.25) is 0 Å². The van der Waals surface area contributed by atoms with Crippen molar-refractivity contribution >= 4 is 0 Å². The number of aromatic nitrogens is 1. The number of nitrogens with one attached hydrogen (secondary N) is 1. The number of ether oxygens (including phenoxy) is 1. The van der Waals surface area contributed by atoms with Gasteiger partial charge in [0.1, 0.15) is 12.0 Å². The number of rotatable bonds is 5. The second kappa shape index (κ2) is 6.31. The third-order valence-corrected chi connectivity index (χ3v) is 4.02. The molecule has 21 heavy (non-hydrogen) atoms. The van der Waals surface area contributed by atoms with Crippen LogP contribution < -0.4 is 10.1 Å². The van der Waals surface area contributed by atoms with Gasteiger partial charge in [-0.1, -0.05) is 32.0 Å². The number of para-hydroxylation sites is 1. The average molecular weight is 286 g/mol. The Labute approximate surface area is 125 Å². The van der Waals surface area contributed by atoms with Crippen molar-refractivity contribution < 1.29 is 9.15 Å². The van der Waals surface area contributed by atoms with Crippen LogP contribution >= 0.6 is 0 Å². The molecular formula is C17H22N2O2. The van der Waals surface area contributed by atoms with E-state index in [0.717, 1.165) is 25.3 Å². The molecule has 2 aromatic rings. The zero-order chi connectivity index (χ0) is 14.7. The second-order valence-electron chi connectivity index (χ2n) is 5.85. The Hall–Kier alpha value is -1.81. The Morgan fingerprint density at radius 2 is 2.19 bits per heavy atom. The lowest BCUT2D eigenvalue weighted by molar-refractivity contribution is 0.113. The number of nitrogens with zero attached hydrogens (tertiary/aromatic N) is 1. The summed E-state index contributed by atoms with van der Waals surface area (Å²) in [5.74, 6) is 2.42. The third-order valence-electron chi connectivity index (χ3n) is 4.02. The summed E-state index contributed by atoms with van der Waals surface area (Å²) in [6.07, 6.45) is 4.25. The zero-order valence-electron chi connectivity index (χ0n) is 12.6.